The lowest BCUT2D eigenvalue weighted by Crippen LogP contribution is -2.39. The second-order valence-corrected chi connectivity index (χ2v) is 5.73. The molecule has 0 aliphatic carbocycles. The third-order valence-corrected chi connectivity index (χ3v) is 3.80. The lowest BCUT2D eigenvalue weighted by Gasteiger charge is -2.24. The van der Waals surface area contributed by atoms with Gasteiger partial charge < -0.3 is 19.5 Å². The van der Waals surface area contributed by atoms with Gasteiger partial charge in [0.05, 0.1) is 10.6 Å². The van der Waals surface area contributed by atoms with Gasteiger partial charge in [0.15, 0.2) is 18.1 Å². The Morgan fingerprint density at radius 1 is 1.27 bits per heavy atom. The van der Waals surface area contributed by atoms with Crippen LogP contribution in [0.25, 0.3) is 0 Å². The van der Waals surface area contributed by atoms with Gasteiger partial charge >= 0.3 is 5.97 Å². The minimum Gasteiger partial charge on any atom is -0.485 e. The van der Waals surface area contributed by atoms with Crippen LogP contribution >= 0.6 is 11.6 Å². The minimum atomic E-state index is -0.943. The zero-order valence-corrected chi connectivity index (χ0v) is 14.2. The third-order valence-electron chi connectivity index (χ3n) is 3.49. The van der Waals surface area contributed by atoms with Crippen molar-refractivity contribution in [3.8, 4) is 17.6 Å². The van der Waals surface area contributed by atoms with E-state index in [2.05, 4.69) is 5.32 Å². The van der Waals surface area contributed by atoms with Crippen LogP contribution < -0.4 is 14.8 Å². The molecule has 7 nitrogen and oxygen atoms in total. The Morgan fingerprint density at radius 2 is 2.04 bits per heavy atom. The number of para-hydroxylation sites is 2. The van der Waals surface area contributed by atoms with Gasteiger partial charge in [-0.05, 0) is 30.3 Å². The van der Waals surface area contributed by atoms with Gasteiger partial charge in [-0.1, -0.05) is 23.7 Å². The van der Waals surface area contributed by atoms with E-state index in [0.29, 0.717) is 22.7 Å². The lowest BCUT2D eigenvalue weighted by atomic mass is 10.2. The van der Waals surface area contributed by atoms with Gasteiger partial charge in [-0.25, -0.2) is 4.79 Å². The van der Waals surface area contributed by atoms with E-state index in [4.69, 9.17) is 31.1 Å². The molecule has 0 fully saturated rings. The van der Waals surface area contributed by atoms with Crippen LogP contribution in [0.15, 0.2) is 42.5 Å². The summed E-state index contributed by atoms with van der Waals surface area (Å²) in [4.78, 5) is 23.9. The van der Waals surface area contributed by atoms with Crippen molar-refractivity contribution < 1.29 is 23.8 Å². The van der Waals surface area contributed by atoms with Crippen molar-refractivity contribution in [3.63, 3.8) is 0 Å². The highest BCUT2D eigenvalue weighted by Crippen LogP contribution is 2.31. The van der Waals surface area contributed by atoms with Crippen LogP contribution in [0.4, 0.5) is 5.69 Å². The highest BCUT2D eigenvalue weighted by molar-refractivity contribution is 6.32. The average molecular weight is 373 g/mol. The number of hydrogen-bond donors (Lipinski definition) is 1. The number of anilines is 1. The van der Waals surface area contributed by atoms with E-state index in [1.165, 1.54) is 18.2 Å². The van der Waals surface area contributed by atoms with Crippen molar-refractivity contribution >= 4 is 29.2 Å². The molecule has 2 aromatic carbocycles. The second-order valence-electron chi connectivity index (χ2n) is 5.33. The van der Waals surface area contributed by atoms with Gasteiger partial charge in [-0.2, -0.15) is 5.26 Å². The molecule has 0 bridgehead atoms. The topological polar surface area (TPSA) is 97.7 Å². The highest BCUT2D eigenvalue weighted by Gasteiger charge is 2.29. The number of fused-ring (bicyclic) bond motifs is 1. The quantitative estimate of drug-likeness (QED) is 0.828. The number of ether oxygens (including phenoxy) is 3. The maximum absolute atomic E-state index is 12.0. The van der Waals surface area contributed by atoms with Crippen molar-refractivity contribution in [2.75, 3.05) is 18.5 Å². The van der Waals surface area contributed by atoms with Gasteiger partial charge in [0.2, 0.25) is 6.10 Å². The number of nitrogens with one attached hydrogen (secondary N) is 1. The molecule has 26 heavy (non-hydrogen) atoms. The molecule has 2 aromatic rings. The van der Waals surface area contributed by atoms with E-state index >= 15 is 0 Å². The van der Waals surface area contributed by atoms with Crippen molar-refractivity contribution in [1.29, 1.82) is 5.26 Å². The van der Waals surface area contributed by atoms with Crippen molar-refractivity contribution in [3.05, 3.63) is 53.1 Å². The Labute approximate surface area is 154 Å². The maximum Gasteiger partial charge on any atom is 0.351 e. The van der Waals surface area contributed by atoms with Crippen LogP contribution in [0.1, 0.15) is 5.56 Å². The van der Waals surface area contributed by atoms with E-state index < -0.39 is 24.6 Å². The normalized spacial score (nSPS) is 14.8. The summed E-state index contributed by atoms with van der Waals surface area (Å²) in [5.41, 5.74) is 0.687. The van der Waals surface area contributed by atoms with Gasteiger partial charge in [0, 0.05) is 5.69 Å². The second kappa shape index (κ2) is 7.76. The number of nitrogens with zero attached hydrogens (tertiary/aromatic N) is 1. The Balaban J connectivity index is 1.51. The fourth-order valence-corrected chi connectivity index (χ4v) is 2.47. The monoisotopic (exact) mass is 372 g/mol. The van der Waals surface area contributed by atoms with Crippen molar-refractivity contribution in [1.82, 2.24) is 0 Å². The Morgan fingerprint density at radius 3 is 2.77 bits per heavy atom. The number of halogens is 1. The van der Waals surface area contributed by atoms with Crippen LogP contribution in [-0.2, 0) is 14.3 Å². The first-order chi connectivity index (χ1) is 12.6. The van der Waals surface area contributed by atoms with Crippen LogP contribution in [-0.4, -0.2) is 31.2 Å². The van der Waals surface area contributed by atoms with E-state index in [0.717, 1.165) is 0 Å². The van der Waals surface area contributed by atoms with Gasteiger partial charge in [0.25, 0.3) is 5.91 Å². The molecule has 8 heteroatoms. The first-order valence-electron chi connectivity index (χ1n) is 7.61. The predicted molar refractivity (Wildman–Crippen MR) is 92.1 cm³/mol. The summed E-state index contributed by atoms with van der Waals surface area (Å²) < 4.78 is 15.9. The van der Waals surface area contributed by atoms with Gasteiger partial charge in [-0.3, -0.25) is 4.79 Å². The number of rotatable bonds is 4. The summed E-state index contributed by atoms with van der Waals surface area (Å²) in [6.45, 7) is -0.485. The first kappa shape index (κ1) is 17.6. The molecule has 1 atom stereocenters. The molecular formula is C18H13ClN2O5. The number of carbonyl (C=O) groups is 2. The molecular weight excluding hydrogens is 360 g/mol. The Hall–Kier alpha value is -3.24. The molecule has 3 rings (SSSR count). The zero-order chi connectivity index (χ0) is 18.5. The molecule has 1 N–H and O–H groups in total. The fourth-order valence-electron chi connectivity index (χ4n) is 2.25. The third kappa shape index (κ3) is 4.05. The lowest BCUT2D eigenvalue weighted by molar-refractivity contribution is -0.156. The molecule has 1 heterocycles. The first-order valence-corrected chi connectivity index (χ1v) is 7.99. The molecule has 0 unspecified atom stereocenters. The Kier molecular flexibility index (Phi) is 5.25. The number of hydrogen-bond acceptors (Lipinski definition) is 6. The largest absolute Gasteiger partial charge is 0.485 e. The van der Waals surface area contributed by atoms with Crippen LogP contribution in [0.2, 0.25) is 5.02 Å². The standard InChI is InChI=1S/C18H13ClN2O5/c19-13-7-12(6-5-11(13)8-20)21-17(22)10-25-18(23)16-9-24-14-3-1-2-4-15(14)26-16/h1-7,16H,9-10H2,(H,21,22)/t16-/m0/s1. The molecule has 0 saturated heterocycles. The molecule has 0 spiro atoms. The minimum absolute atomic E-state index is 0.00267. The van der Waals surface area contributed by atoms with Gasteiger partial charge in [0.1, 0.15) is 12.7 Å². The predicted octanol–water partition coefficient (Wildman–Crippen LogP) is 2.53. The molecule has 0 radical (unpaired) electrons. The summed E-state index contributed by atoms with van der Waals surface area (Å²) in [6.07, 6.45) is -0.943. The van der Waals surface area contributed by atoms with Crippen LogP contribution in [0.5, 0.6) is 11.5 Å². The van der Waals surface area contributed by atoms with Crippen molar-refractivity contribution in [2.45, 2.75) is 6.10 Å². The van der Waals surface area contributed by atoms with Crippen molar-refractivity contribution in [2.24, 2.45) is 0 Å². The molecule has 0 saturated carbocycles. The number of benzene rings is 2. The zero-order valence-electron chi connectivity index (χ0n) is 13.4. The Bertz CT molecular complexity index is 893. The van der Waals surface area contributed by atoms with Crippen LogP contribution in [0, 0.1) is 11.3 Å². The van der Waals surface area contributed by atoms with E-state index in [-0.39, 0.29) is 11.6 Å². The van der Waals surface area contributed by atoms with E-state index in [9.17, 15) is 9.59 Å². The van der Waals surface area contributed by atoms with E-state index in [1.54, 1.807) is 24.3 Å². The van der Waals surface area contributed by atoms with E-state index in [1.807, 2.05) is 6.07 Å². The average Bonchev–Trinajstić information content (AvgIpc) is 2.66. The summed E-state index contributed by atoms with van der Waals surface area (Å²) in [5, 5.41) is 11.6. The number of esters is 1. The molecule has 1 aliphatic heterocycles. The summed E-state index contributed by atoms with van der Waals surface area (Å²) in [7, 11) is 0. The number of amides is 1. The fraction of sp³-hybridized carbons (Fsp3) is 0.167. The van der Waals surface area contributed by atoms with Gasteiger partial charge in [-0.15, -0.1) is 0 Å². The summed E-state index contributed by atoms with van der Waals surface area (Å²) in [6, 6.07) is 13.3. The molecule has 1 aliphatic rings. The number of nitriles is 1. The highest BCUT2D eigenvalue weighted by atomic mass is 35.5. The number of carbonyl (C=O) groups excluding carboxylic acids is 2. The summed E-state index contributed by atoms with van der Waals surface area (Å²) >= 11 is 5.89. The maximum atomic E-state index is 12.0. The smallest absolute Gasteiger partial charge is 0.351 e. The SMILES string of the molecule is N#Cc1ccc(NC(=O)COC(=O)[C@@H]2COc3ccccc3O2)cc1Cl. The molecule has 0 aromatic heterocycles. The molecule has 132 valence electrons. The molecule has 1 amide bonds. The summed E-state index contributed by atoms with van der Waals surface area (Å²) in [5.74, 6) is -0.256. The van der Waals surface area contributed by atoms with Crippen LogP contribution in [0.3, 0.4) is 0 Å².